The third kappa shape index (κ3) is 3.87. The number of rotatable bonds is 6. The van der Waals surface area contributed by atoms with Crippen molar-refractivity contribution in [1.29, 1.82) is 0 Å². The zero-order chi connectivity index (χ0) is 14.4. The Morgan fingerprint density at radius 3 is 2.85 bits per heavy atom. The van der Waals surface area contributed by atoms with Crippen molar-refractivity contribution < 1.29 is 9.47 Å². The zero-order valence-electron chi connectivity index (χ0n) is 12.6. The third-order valence-electron chi connectivity index (χ3n) is 4.09. The predicted molar refractivity (Wildman–Crippen MR) is 81.3 cm³/mol. The van der Waals surface area contributed by atoms with Crippen LogP contribution < -0.4 is 15.2 Å². The fourth-order valence-corrected chi connectivity index (χ4v) is 2.77. The molecule has 1 heterocycles. The first kappa shape index (κ1) is 15.1. The van der Waals surface area contributed by atoms with Gasteiger partial charge in [0.05, 0.1) is 13.7 Å². The van der Waals surface area contributed by atoms with Gasteiger partial charge in [0.1, 0.15) is 0 Å². The molecule has 4 heteroatoms. The van der Waals surface area contributed by atoms with Crippen LogP contribution in [-0.4, -0.2) is 38.3 Å². The molecule has 1 unspecified atom stereocenters. The van der Waals surface area contributed by atoms with Gasteiger partial charge >= 0.3 is 0 Å². The molecular weight excluding hydrogens is 252 g/mol. The molecule has 1 atom stereocenters. The van der Waals surface area contributed by atoms with Gasteiger partial charge in [-0.3, -0.25) is 0 Å². The maximum absolute atomic E-state index is 5.89. The first-order valence-corrected chi connectivity index (χ1v) is 7.44. The average molecular weight is 278 g/mol. The highest BCUT2D eigenvalue weighted by atomic mass is 16.5. The molecule has 0 saturated carbocycles. The summed E-state index contributed by atoms with van der Waals surface area (Å²) >= 11 is 0. The number of benzene rings is 1. The molecule has 0 amide bonds. The van der Waals surface area contributed by atoms with Gasteiger partial charge in [-0.15, -0.1) is 0 Å². The summed E-state index contributed by atoms with van der Waals surface area (Å²) in [5, 5.41) is 0. The highest BCUT2D eigenvalue weighted by molar-refractivity contribution is 5.42. The summed E-state index contributed by atoms with van der Waals surface area (Å²) in [6, 6.07) is 6.54. The molecule has 20 heavy (non-hydrogen) atoms. The monoisotopic (exact) mass is 278 g/mol. The molecule has 1 aliphatic heterocycles. The Balaban J connectivity index is 1.87. The lowest BCUT2D eigenvalue weighted by Gasteiger charge is -2.32. The van der Waals surface area contributed by atoms with Crippen LogP contribution in [0, 0.1) is 0 Å². The average Bonchev–Trinajstić information content (AvgIpc) is 2.49. The Morgan fingerprint density at radius 1 is 1.30 bits per heavy atom. The number of hydrogen-bond acceptors (Lipinski definition) is 4. The van der Waals surface area contributed by atoms with E-state index >= 15 is 0 Å². The number of nitrogens with two attached hydrogens (primary N) is 1. The molecule has 2 N–H and O–H groups in total. The highest BCUT2D eigenvalue weighted by Gasteiger charge is 2.18. The second kappa shape index (κ2) is 7.50. The van der Waals surface area contributed by atoms with Gasteiger partial charge < -0.3 is 20.1 Å². The van der Waals surface area contributed by atoms with Crippen LogP contribution in [0.4, 0.5) is 0 Å². The second-order valence-corrected chi connectivity index (χ2v) is 5.46. The van der Waals surface area contributed by atoms with Gasteiger partial charge in [0, 0.05) is 12.6 Å². The van der Waals surface area contributed by atoms with E-state index in [-0.39, 0.29) is 0 Å². The van der Waals surface area contributed by atoms with E-state index in [1.165, 1.54) is 25.8 Å². The quantitative estimate of drug-likeness (QED) is 0.868. The topological polar surface area (TPSA) is 47.7 Å². The van der Waals surface area contributed by atoms with Gasteiger partial charge in [-0.2, -0.15) is 0 Å². The molecule has 1 fully saturated rings. The molecule has 0 bridgehead atoms. The number of likely N-dealkylation sites (tertiary alicyclic amines) is 1. The van der Waals surface area contributed by atoms with Crippen molar-refractivity contribution in [3.63, 3.8) is 0 Å². The van der Waals surface area contributed by atoms with Crippen LogP contribution in [0.5, 0.6) is 11.5 Å². The van der Waals surface area contributed by atoms with Crippen LogP contribution in [0.15, 0.2) is 18.2 Å². The summed E-state index contributed by atoms with van der Waals surface area (Å²) in [7, 11) is 3.87. The lowest BCUT2D eigenvalue weighted by molar-refractivity contribution is 0.152. The number of hydrogen-bond donors (Lipinski definition) is 1. The number of piperidine rings is 1. The van der Waals surface area contributed by atoms with E-state index in [0.29, 0.717) is 12.6 Å². The molecule has 1 aromatic rings. The van der Waals surface area contributed by atoms with Gasteiger partial charge in [0.2, 0.25) is 0 Å². The van der Waals surface area contributed by atoms with Crippen LogP contribution in [0.1, 0.15) is 31.2 Å². The van der Waals surface area contributed by atoms with Gasteiger partial charge in [-0.25, -0.2) is 0 Å². The maximum atomic E-state index is 5.89. The van der Waals surface area contributed by atoms with Crippen molar-refractivity contribution in [2.24, 2.45) is 5.73 Å². The summed E-state index contributed by atoms with van der Waals surface area (Å²) in [6.45, 7) is 2.45. The molecule has 4 nitrogen and oxygen atoms in total. The molecule has 0 aromatic heterocycles. The SMILES string of the molecule is COc1cc(CN)ccc1OCCC1CCCCN1C. The highest BCUT2D eigenvalue weighted by Crippen LogP contribution is 2.28. The smallest absolute Gasteiger partial charge is 0.161 e. The Kier molecular flexibility index (Phi) is 5.68. The lowest BCUT2D eigenvalue weighted by Crippen LogP contribution is -2.37. The summed E-state index contributed by atoms with van der Waals surface area (Å²) in [5.74, 6) is 1.58. The summed E-state index contributed by atoms with van der Waals surface area (Å²) in [5.41, 5.74) is 6.69. The Bertz CT molecular complexity index is 423. The van der Waals surface area contributed by atoms with Crippen LogP contribution in [0.3, 0.4) is 0 Å². The number of nitrogens with zero attached hydrogens (tertiary/aromatic N) is 1. The van der Waals surface area contributed by atoms with E-state index < -0.39 is 0 Å². The van der Waals surface area contributed by atoms with Crippen molar-refractivity contribution in [2.75, 3.05) is 27.3 Å². The fraction of sp³-hybridized carbons (Fsp3) is 0.625. The minimum Gasteiger partial charge on any atom is -0.493 e. The van der Waals surface area contributed by atoms with Gasteiger partial charge in [0.25, 0.3) is 0 Å². The van der Waals surface area contributed by atoms with Crippen molar-refractivity contribution in [3.05, 3.63) is 23.8 Å². The molecule has 0 aliphatic carbocycles. The van der Waals surface area contributed by atoms with E-state index in [0.717, 1.165) is 30.1 Å². The minimum absolute atomic E-state index is 0.517. The van der Waals surface area contributed by atoms with Crippen LogP contribution in [0.2, 0.25) is 0 Å². The Labute approximate surface area is 121 Å². The van der Waals surface area contributed by atoms with E-state index in [2.05, 4.69) is 11.9 Å². The fourth-order valence-electron chi connectivity index (χ4n) is 2.77. The van der Waals surface area contributed by atoms with Crippen LogP contribution in [0.25, 0.3) is 0 Å². The van der Waals surface area contributed by atoms with E-state index in [9.17, 15) is 0 Å². The van der Waals surface area contributed by atoms with Gasteiger partial charge in [-0.1, -0.05) is 12.5 Å². The largest absolute Gasteiger partial charge is 0.493 e. The first-order chi connectivity index (χ1) is 9.74. The number of methoxy groups -OCH3 is 1. The van der Waals surface area contributed by atoms with Crippen LogP contribution >= 0.6 is 0 Å². The van der Waals surface area contributed by atoms with E-state index in [1.807, 2.05) is 18.2 Å². The first-order valence-electron chi connectivity index (χ1n) is 7.44. The maximum Gasteiger partial charge on any atom is 0.161 e. The Hall–Kier alpha value is -1.26. The minimum atomic E-state index is 0.517. The molecular formula is C16H26N2O2. The van der Waals surface area contributed by atoms with Crippen molar-refractivity contribution in [1.82, 2.24) is 4.90 Å². The Morgan fingerprint density at radius 2 is 2.15 bits per heavy atom. The number of ether oxygens (including phenoxy) is 2. The summed E-state index contributed by atoms with van der Waals surface area (Å²) < 4.78 is 11.2. The van der Waals surface area contributed by atoms with E-state index in [4.69, 9.17) is 15.2 Å². The van der Waals surface area contributed by atoms with Crippen molar-refractivity contribution >= 4 is 0 Å². The predicted octanol–water partition coefficient (Wildman–Crippen LogP) is 2.41. The second-order valence-electron chi connectivity index (χ2n) is 5.46. The summed E-state index contributed by atoms with van der Waals surface area (Å²) in [6.07, 6.45) is 5.01. The zero-order valence-corrected chi connectivity index (χ0v) is 12.6. The molecule has 2 rings (SSSR count). The normalized spacial score (nSPS) is 19.9. The van der Waals surface area contributed by atoms with Gasteiger partial charge in [0.15, 0.2) is 11.5 Å². The standard InChI is InChI=1S/C16H26N2O2/c1-18-9-4-3-5-14(18)8-10-20-15-7-6-13(12-17)11-16(15)19-2/h6-7,11,14H,3-5,8-10,12,17H2,1-2H3. The van der Waals surface area contributed by atoms with Gasteiger partial charge in [-0.05, 0) is 50.6 Å². The molecule has 0 radical (unpaired) electrons. The van der Waals surface area contributed by atoms with Crippen molar-refractivity contribution in [2.45, 2.75) is 38.3 Å². The third-order valence-corrected chi connectivity index (χ3v) is 4.09. The van der Waals surface area contributed by atoms with Crippen LogP contribution in [-0.2, 0) is 6.54 Å². The molecule has 112 valence electrons. The molecule has 1 saturated heterocycles. The lowest BCUT2D eigenvalue weighted by atomic mass is 10.0. The molecule has 1 aromatic carbocycles. The molecule has 0 spiro atoms. The van der Waals surface area contributed by atoms with E-state index in [1.54, 1.807) is 7.11 Å². The van der Waals surface area contributed by atoms with Crippen molar-refractivity contribution in [3.8, 4) is 11.5 Å². The summed E-state index contributed by atoms with van der Waals surface area (Å²) in [4.78, 5) is 2.45. The molecule has 1 aliphatic rings.